The summed E-state index contributed by atoms with van der Waals surface area (Å²) in [7, 11) is 0. The van der Waals surface area contributed by atoms with E-state index in [2.05, 4.69) is 0 Å². The van der Waals surface area contributed by atoms with E-state index in [0.717, 1.165) is 0 Å². The van der Waals surface area contributed by atoms with Crippen LogP contribution in [0.2, 0.25) is 0 Å². The third-order valence-corrected chi connectivity index (χ3v) is 4.05. The van der Waals surface area contributed by atoms with E-state index in [1.54, 1.807) is 0 Å². The zero-order valence-corrected chi connectivity index (χ0v) is 14.3. The van der Waals surface area contributed by atoms with E-state index >= 15 is 0 Å². The maximum Gasteiger partial charge on any atom is 0.270 e. The lowest BCUT2D eigenvalue weighted by Crippen LogP contribution is -2.06. The van der Waals surface area contributed by atoms with Crippen LogP contribution in [0.25, 0.3) is 0 Å². The van der Waals surface area contributed by atoms with Gasteiger partial charge in [0.05, 0.1) is 9.85 Å². The van der Waals surface area contributed by atoms with Crippen LogP contribution in [-0.2, 0) is 0 Å². The number of hydrogen-bond acceptors (Lipinski definition) is 6. The molecular weight excluding hydrogens is 364 g/mol. The zero-order chi connectivity index (χ0) is 20.3. The summed E-state index contributed by atoms with van der Waals surface area (Å²) in [5, 5.41) is 21.6. The Balaban J connectivity index is 1.90. The molecule has 8 heteroatoms. The van der Waals surface area contributed by atoms with Crippen LogP contribution >= 0.6 is 0 Å². The number of nitrogens with zero attached hydrogens (tertiary/aromatic N) is 2. The highest BCUT2D eigenvalue weighted by Crippen LogP contribution is 2.19. The first-order valence-corrected chi connectivity index (χ1v) is 8.05. The van der Waals surface area contributed by atoms with E-state index in [9.17, 15) is 29.8 Å². The van der Waals surface area contributed by atoms with E-state index in [-0.39, 0.29) is 33.6 Å². The quantitative estimate of drug-likeness (QED) is 0.365. The Bertz CT molecular complexity index is 1110. The van der Waals surface area contributed by atoms with Gasteiger partial charge in [0.2, 0.25) is 0 Å². The van der Waals surface area contributed by atoms with Crippen molar-refractivity contribution in [3.05, 3.63) is 115 Å². The summed E-state index contributed by atoms with van der Waals surface area (Å²) in [6.45, 7) is 0. The summed E-state index contributed by atoms with van der Waals surface area (Å²) in [6, 6.07) is 16.4. The average Bonchev–Trinajstić information content (AvgIpc) is 2.73. The molecule has 0 aliphatic carbocycles. The molecule has 8 nitrogen and oxygen atoms in total. The van der Waals surface area contributed by atoms with Gasteiger partial charge < -0.3 is 0 Å². The number of nitro benzene ring substituents is 2. The van der Waals surface area contributed by atoms with Gasteiger partial charge in [-0.1, -0.05) is 30.3 Å². The van der Waals surface area contributed by atoms with E-state index in [4.69, 9.17) is 0 Å². The van der Waals surface area contributed by atoms with Crippen molar-refractivity contribution < 1.29 is 19.4 Å². The molecule has 0 amide bonds. The highest BCUT2D eigenvalue weighted by atomic mass is 16.6. The molecule has 0 saturated heterocycles. The van der Waals surface area contributed by atoms with Crippen LogP contribution in [0.15, 0.2) is 72.8 Å². The molecule has 138 valence electrons. The first kappa shape index (κ1) is 18.6. The van der Waals surface area contributed by atoms with Gasteiger partial charge in [0.15, 0.2) is 11.6 Å². The molecule has 0 atom stereocenters. The Hall–Kier alpha value is -4.20. The standard InChI is InChI=1S/C20H12N2O6/c23-19(13-7-9-17(10-8-13)21(25)26)14-3-1-4-15(11-14)20(24)16-5-2-6-18(12-16)22(27)28/h1-12H. The summed E-state index contributed by atoms with van der Waals surface area (Å²) < 4.78 is 0. The predicted octanol–water partition coefficient (Wildman–Crippen LogP) is 3.97. The second-order valence-corrected chi connectivity index (χ2v) is 5.85. The minimum absolute atomic E-state index is 0.133. The fourth-order valence-electron chi connectivity index (χ4n) is 2.63. The number of benzene rings is 3. The minimum atomic E-state index is -0.592. The second-order valence-electron chi connectivity index (χ2n) is 5.85. The number of non-ortho nitro benzene ring substituents is 2. The highest BCUT2D eigenvalue weighted by molar-refractivity contribution is 6.13. The predicted molar refractivity (Wildman–Crippen MR) is 99.5 cm³/mol. The Kier molecular flexibility index (Phi) is 5.03. The molecule has 0 bridgehead atoms. The lowest BCUT2D eigenvalue weighted by Gasteiger charge is -2.05. The van der Waals surface area contributed by atoms with Crippen LogP contribution < -0.4 is 0 Å². The molecular formula is C20H12N2O6. The Morgan fingerprint density at radius 3 is 1.57 bits per heavy atom. The number of carbonyl (C=O) groups excluding carboxylic acids is 2. The lowest BCUT2D eigenvalue weighted by molar-refractivity contribution is -0.385. The van der Waals surface area contributed by atoms with Crippen molar-refractivity contribution in [1.82, 2.24) is 0 Å². The van der Waals surface area contributed by atoms with Crippen molar-refractivity contribution >= 4 is 22.9 Å². The molecule has 0 fully saturated rings. The number of rotatable bonds is 6. The van der Waals surface area contributed by atoms with Gasteiger partial charge in [-0.2, -0.15) is 0 Å². The topological polar surface area (TPSA) is 120 Å². The van der Waals surface area contributed by atoms with Crippen molar-refractivity contribution in [2.24, 2.45) is 0 Å². The van der Waals surface area contributed by atoms with Crippen LogP contribution in [0.3, 0.4) is 0 Å². The molecule has 0 spiro atoms. The van der Waals surface area contributed by atoms with Gasteiger partial charge in [-0.05, 0) is 18.2 Å². The van der Waals surface area contributed by atoms with Crippen molar-refractivity contribution in [3.8, 4) is 0 Å². The summed E-state index contributed by atoms with van der Waals surface area (Å²) >= 11 is 0. The second kappa shape index (κ2) is 7.58. The summed E-state index contributed by atoms with van der Waals surface area (Å²) in [4.78, 5) is 45.7. The monoisotopic (exact) mass is 376 g/mol. The SMILES string of the molecule is O=C(c1ccc([N+](=O)[O-])cc1)c1cccc(C(=O)c2cccc([N+](=O)[O-])c2)c1. The van der Waals surface area contributed by atoms with Crippen LogP contribution in [0.4, 0.5) is 11.4 Å². The third-order valence-electron chi connectivity index (χ3n) is 4.05. The van der Waals surface area contributed by atoms with E-state index in [0.29, 0.717) is 0 Å². The molecule has 0 aromatic heterocycles. The molecule has 0 unspecified atom stereocenters. The number of nitro groups is 2. The lowest BCUT2D eigenvalue weighted by atomic mass is 9.97. The van der Waals surface area contributed by atoms with E-state index in [1.165, 1.54) is 72.8 Å². The van der Waals surface area contributed by atoms with Gasteiger partial charge in [-0.15, -0.1) is 0 Å². The van der Waals surface area contributed by atoms with Crippen LogP contribution in [0.1, 0.15) is 31.8 Å². The summed E-state index contributed by atoms with van der Waals surface area (Å²) in [6.07, 6.45) is 0. The molecule has 3 aromatic rings. The van der Waals surface area contributed by atoms with Crippen LogP contribution in [0, 0.1) is 20.2 Å². The van der Waals surface area contributed by atoms with Crippen molar-refractivity contribution in [1.29, 1.82) is 0 Å². The fraction of sp³-hybridized carbons (Fsp3) is 0. The maximum atomic E-state index is 12.6. The molecule has 3 rings (SSSR count). The first-order valence-electron chi connectivity index (χ1n) is 8.05. The Morgan fingerprint density at radius 2 is 1.04 bits per heavy atom. The molecule has 0 N–H and O–H groups in total. The minimum Gasteiger partial charge on any atom is -0.289 e. The van der Waals surface area contributed by atoms with Crippen molar-refractivity contribution in [3.63, 3.8) is 0 Å². The van der Waals surface area contributed by atoms with Crippen LogP contribution in [-0.4, -0.2) is 21.4 Å². The molecule has 3 aromatic carbocycles. The summed E-state index contributed by atoms with van der Waals surface area (Å²) in [5.41, 5.74) is 0.466. The molecule has 0 aliphatic rings. The maximum absolute atomic E-state index is 12.6. The van der Waals surface area contributed by atoms with Gasteiger partial charge in [0.25, 0.3) is 11.4 Å². The zero-order valence-electron chi connectivity index (χ0n) is 14.3. The Morgan fingerprint density at radius 1 is 0.571 bits per heavy atom. The molecule has 0 heterocycles. The number of carbonyl (C=O) groups is 2. The summed E-state index contributed by atoms with van der Waals surface area (Å²) in [5.74, 6) is -0.856. The Labute approximate surface area is 158 Å². The third kappa shape index (κ3) is 3.80. The molecule has 0 saturated carbocycles. The van der Waals surface area contributed by atoms with Gasteiger partial charge in [-0.3, -0.25) is 29.8 Å². The van der Waals surface area contributed by atoms with Gasteiger partial charge in [-0.25, -0.2) is 0 Å². The number of ketones is 2. The van der Waals surface area contributed by atoms with Gasteiger partial charge >= 0.3 is 0 Å². The first-order chi connectivity index (χ1) is 13.4. The van der Waals surface area contributed by atoms with Crippen molar-refractivity contribution in [2.75, 3.05) is 0 Å². The normalized spacial score (nSPS) is 10.3. The van der Waals surface area contributed by atoms with E-state index in [1.807, 2.05) is 0 Å². The van der Waals surface area contributed by atoms with Crippen LogP contribution in [0.5, 0.6) is 0 Å². The fourth-order valence-corrected chi connectivity index (χ4v) is 2.63. The number of hydrogen-bond donors (Lipinski definition) is 0. The molecule has 0 radical (unpaired) electrons. The molecule has 28 heavy (non-hydrogen) atoms. The molecule has 0 aliphatic heterocycles. The average molecular weight is 376 g/mol. The largest absolute Gasteiger partial charge is 0.289 e. The van der Waals surface area contributed by atoms with Crippen molar-refractivity contribution in [2.45, 2.75) is 0 Å². The smallest absolute Gasteiger partial charge is 0.270 e. The van der Waals surface area contributed by atoms with Gasteiger partial charge in [0, 0.05) is 46.5 Å². The van der Waals surface area contributed by atoms with Gasteiger partial charge in [0.1, 0.15) is 0 Å². The highest BCUT2D eigenvalue weighted by Gasteiger charge is 2.16. The van der Waals surface area contributed by atoms with E-state index < -0.39 is 21.4 Å².